The fraction of sp³-hybridized carbons (Fsp3) is 0.542. The van der Waals surface area contributed by atoms with Crippen molar-refractivity contribution in [1.29, 1.82) is 0 Å². The number of nitrogens with one attached hydrogen (secondary N) is 1. The molecule has 4 atom stereocenters. The van der Waals surface area contributed by atoms with Crippen LogP contribution in [0.15, 0.2) is 36.4 Å². The Kier molecular flexibility index (Phi) is 5.57. The van der Waals surface area contributed by atoms with Gasteiger partial charge in [0.2, 0.25) is 17.7 Å². The molecule has 3 amide bonds. The van der Waals surface area contributed by atoms with E-state index in [2.05, 4.69) is 17.4 Å². The van der Waals surface area contributed by atoms with Crippen LogP contribution >= 0.6 is 0 Å². The Labute approximate surface area is 172 Å². The van der Waals surface area contributed by atoms with E-state index in [-0.39, 0.29) is 41.5 Å². The topological polar surface area (TPSA) is 66.5 Å². The lowest BCUT2D eigenvalue weighted by Crippen LogP contribution is -2.51. The molecular weight excluding hydrogens is 364 g/mol. The molecule has 0 spiro atoms. The van der Waals surface area contributed by atoms with Crippen LogP contribution in [0, 0.1) is 17.8 Å². The lowest BCUT2D eigenvalue weighted by atomic mass is 9.85. The van der Waals surface area contributed by atoms with E-state index in [0.29, 0.717) is 19.3 Å². The molecule has 0 saturated carbocycles. The molecule has 0 bridgehead atoms. The zero-order valence-corrected chi connectivity index (χ0v) is 17.3. The molecule has 1 N–H and O–H groups in total. The summed E-state index contributed by atoms with van der Waals surface area (Å²) in [6, 6.07) is 7.43. The first kappa shape index (κ1) is 19.9. The first-order chi connectivity index (χ1) is 14.0. The van der Waals surface area contributed by atoms with Crippen LogP contribution < -0.4 is 5.32 Å². The molecule has 29 heavy (non-hydrogen) atoms. The molecule has 1 aromatic rings. The molecule has 5 heteroatoms. The maximum absolute atomic E-state index is 13.4. The molecule has 1 aromatic carbocycles. The molecule has 0 aromatic heterocycles. The van der Waals surface area contributed by atoms with Crippen molar-refractivity contribution in [2.45, 2.75) is 64.5 Å². The molecule has 1 heterocycles. The standard InChI is InChI=1S/C24H30N2O3/c1-15(2)14-21(26-23(28)18-11-5-6-12-19(18)24(26)29)22(27)25-20-13-7-9-16-8-3-4-10-17(16)20/h3-6,8,10,15,18-21H,7,9,11-14H2,1-2H3,(H,25,27)/t18-,19-,20-,21-/m1/s1. The van der Waals surface area contributed by atoms with Crippen molar-refractivity contribution in [2.75, 3.05) is 0 Å². The number of aryl methyl sites for hydroxylation is 1. The summed E-state index contributed by atoms with van der Waals surface area (Å²) < 4.78 is 0. The molecule has 1 aliphatic heterocycles. The highest BCUT2D eigenvalue weighted by atomic mass is 16.2. The van der Waals surface area contributed by atoms with Crippen molar-refractivity contribution >= 4 is 17.7 Å². The van der Waals surface area contributed by atoms with Crippen LogP contribution in [0.25, 0.3) is 0 Å². The van der Waals surface area contributed by atoms with E-state index in [9.17, 15) is 14.4 Å². The van der Waals surface area contributed by atoms with Gasteiger partial charge < -0.3 is 5.32 Å². The normalized spacial score (nSPS) is 27.0. The van der Waals surface area contributed by atoms with Crippen molar-refractivity contribution in [3.63, 3.8) is 0 Å². The summed E-state index contributed by atoms with van der Waals surface area (Å²) in [7, 11) is 0. The Morgan fingerprint density at radius 1 is 1.10 bits per heavy atom. The maximum atomic E-state index is 13.4. The van der Waals surface area contributed by atoms with Crippen molar-refractivity contribution in [1.82, 2.24) is 10.2 Å². The van der Waals surface area contributed by atoms with Gasteiger partial charge in [0.25, 0.3) is 0 Å². The van der Waals surface area contributed by atoms with Crippen LogP contribution in [0.3, 0.4) is 0 Å². The fourth-order valence-electron chi connectivity index (χ4n) is 5.08. The molecule has 2 aliphatic carbocycles. The zero-order valence-electron chi connectivity index (χ0n) is 17.3. The molecule has 154 valence electrons. The number of likely N-dealkylation sites (tertiary alicyclic amines) is 1. The number of carbonyl (C=O) groups is 3. The number of rotatable bonds is 5. The summed E-state index contributed by atoms with van der Waals surface area (Å²) >= 11 is 0. The van der Waals surface area contributed by atoms with E-state index in [1.165, 1.54) is 10.5 Å². The van der Waals surface area contributed by atoms with Crippen molar-refractivity contribution in [2.24, 2.45) is 17.8 Å². The van der Waals surface area contributed by atoms with Gasteiger partial charge in [-0.3, -0.25) is 19.3 Å². The second-order valence-corrected chi connectivity index (χ2v) is 9.00. The molecule has 0 radical (unpaired) electrons. The Bertz CT molecular complexity index is 818. The fourth-order valence-corrected chi connectivity index (χ4v) is 5.08. The number of fused-ring (bicyclic) bond motifs is 2. The summed E-state index contributed by atoms with van der Waals surface area (Å²) in [6.45, 7) is 4.05. The van der Waals surface area contributed by atoms with E-state index < -0.39 is 6.04 Å². The lowest BCUT2D eigenvalue weighted by Gasteiger charge is -2.31. The minimum atomic E-state index is -0.727. The summed E-state index contributed by atoms with van der Waals surface area (Å²) in [5.41, 5.74) is 2.43. The number of nitrogens with zero attached hydrogens (tertiary/aromatic N) is 1. The number of hydrogen-bond acceptors (Lipinski definition) is 3. The predicted octanol–water partition coefficient (Wildman–Crippen LogP) is 3.55. The van der Waals surface area contributed by atoms with Crippen LogP contribution in [0.4, 0.5) is 0 Å². The SMILES string of the molecule is CC(C)C[C@H](C(=O)N[C@@H]1CCCc2ccccc21)N1C(=O)[C@@H]2CC=CC[C@H]2C1=O. The van der Waals surface area contributed by atoms with Crippen LogP contribution in [0.2, 0.25) is 0 Å². The highest BCUT2D eigenvalue weighted by Gasteiger charge is 2.51. The summed E-state index contributed by atoms with van der Waals surface area (Å²) in [5.74, 6) is -0.946. The van der Waals surface area contributed by atoms with Crippen LogP contribution in [-0.2, 0) is 20.8 Å². The molecule has 3 aliphatic rings. The van der Waals surface area contributed by atoms with Gasteiger partial charge in [0.15, 0.2) is 0 Å². The lowest BCUT2D eigenvalue weighted by molar-refractivity contribution is -0.148. The highest BCUT2D eigenvalue weighted by molar-refractivity contribution is 6.08. The van der Waals surface area contributed by atoms with Crippen molar-refractivity contribution < 1.29 is 14.4 Å². The zero-order chi connectivity index (χ0) is 20.5. The third kappa shape index (κ3) is 3.75. The van der Waals surface area contributed by atoms with E-state index in [0.717, 1.165) is 24.8 Å². The minimum Gasteiger partial charge on any atom is -0.347 e. The molecule has 5 nitrogen and oxygen atoms in total. The Morgan fingerprint density at radius 2 is 1.76 bits per heavy atom. The summed E-state index contributed by atoms with van der Waals surface area (Å²) in [6.07, 6.45) is 8.57. The van der Waals surface area contributed by atoms with Crippen LogP contribution in [0.5, 0.6) is 0 Å². The van der Waals surface area contributed by atoms with Gasteiger partial charge in [0.1, 0.15) is 6.04 Å². The van der Waals surface area contributed by atoms with Gasteiger partial charge in [-0.15, -0.1) is 0 Å². The third-order valence-electron chi connectivity index (χ3n) is 6.54. The first-order valence-electron chi connectivity index (χ1n) is 10.9. The van der Waals surface area contributed by atoms with Gasteiger partial charge in [-0.05, 0) is 55.6 Å². The molecule has 4 rings (SSSR count). The Morgan fingerprint density at radius 3 is 2.41 bits per heavy atom. The number of amides is 3. The Balaban J connectivity index is 1.57. The van der Waals surface area contributed by atoms with Crippen LogP contribution in [0.1, 0.15) is 63.1 Å². The number of carbonyl (C=O) groups excluding carboxylic acids is 3. The monoisotopic (exact) mass is 394 g/mol. The molecule has 0 unspecified atom stereocenters. The van der Waals surface area contributed by atoms with E-state index in [4.69, 9.17) is 0 Å². The third-order valence-corrected chi connectivity index (χ3v) is 6.54. The highest BCUT2D eigenvalue weighted by Crippen LogP contribution is 2.37. The molecular formula is C24H30N2O3. The summed E-state index contributed by atoms with van der Waals surface area (Å²) in [5, 5.41) is 3.18. The maximum Gasteiger partial charge on any atom is 0.243 e. The van der Waals surface area contributed by atoms with E-state index in [1.54, 1.807) is 0 Å². The number of benzene rings is 1. The summed E-state index contributed by atoms with van der Waals surface area (Å²) in [4.78, 5) is 40.8. The van der Waals surface area contributed by atoms with Crippen molar-refractivity contribution in [3.05, 3.63) is 47.5 Å². The van der Waals surface area contributed by atoms with Crippen molar-refractivity contribution in [3.8, 4) is 0 Å². The van der Waals surface area contributed by atoms with Crippen LogP contribution in [-0.4, -0.2) is 28.7 Å². The largest absolute Gasteiger partial charge is 0.347 e. The quantitative estimate of drug-likeness (QED) is 0.614. The second kappa shape index (κ2) is 8.13. The van der Waals surface area contributed by atoms with E-state index >= 15 is 0 Å². The average molecular weight is 395 g/mol. The molecule has 1 fully saturated rings. The number of imide groups is 1. The van der Waals surface area contributed by atoms with Gasteiger partial charge >= 0.3 is 0 Å². The molecule has 1 saturated heterocycles. The minimum absolute atomic E-state index is 0.0566. The predicted molar refractivity (Wildman–Crippen MR) is 111 cm³/mol. The first-order valence-corrected chi connectivity index (χ1v) is 10.9. The van der Waals surface area contributed by atoms with E-state index in [1.807, 2.05) is 38.1 Å². The number of allylic oxidation sites excluding steroid dienone is 2. The van der Waals surface area contributed by atoms with Gasteiger partial charge in [0.05, 0.1) is 17.9 Å². The van der Waals surface area contributed by atoms with Gasteiger partial charge in [-0.1, -0.05) is 50.3 Å². The number of hydrogen-bond donors (Lipinski definition) is 1. The Hall–Kier alpha value is -2.43. The van der Waals surface area contributed by atoms with Gasteiger partial charge in [0, 0.05) is 0 Å². The van der Waals surface area contributed by atoms with Gasteiger partial charge in [-0.25, -0.2) is 0 Å². The van der Waals surface area contributed by atoms with Gasteiger partial charge in [-0.2, -0.15) is 0 Å². The second-order valence-electron chi connectivity index (χ2n) is 9.00. The average Bonchev–Trinajstić information content (AvgIpc) is 2.97. The smallest absolute Gasteiger partial charge is 0.243 e.